The first-order valence-electron chi connectivity index (χ1n) is 16.0. The van der Waals surface area contributed by atoms with Crippen molar-refractivity contribution in [1.82, 2.24) is 14.5 Å². The summed E-state index contributed by atoms with van der Waals surface area (Å²) in [5.41, 5.74) is 5.53. The highest BCUT2D eigenvalue weighted by Crippen LogP contribution is 2.33. The normalized spacial score (nSPS) is 13.6. The van der Waals surface area contributed by atoms with Gasteiger partial charge in [0.25, 0.3) is 17.0 Å². The average molecular weight is 677 g/mol. The van der Waals surface area contributed by atoms with Gasteiger partial charge in [-0.05, 0) is 101 Å². The number of rotatable bonds is 9. The molecule has 0 radical (unpaired) electrons. The summed E-state index contributed by atoms with van der Waals surface area (Å²) in [4.78, 5) is 44.0. The van der Waals surface area contributed by atoms with Crippen LogP contribution < -0.4 is 36.6 Å². The number of aromatic amines is 1. The van der Waals surface area contributed by atoms with E-state index in [9.17, 15) is 14.4 Å². The second-order valence-electron chi connectivity index (χ2n) is 12.0. The van der Waals surface area contributed by atoms with Gasteiger partial charge in [0, 0.05) is 43.0 Å². The predicted molar refractivity (Wildman–Crippen MR) is 193 cm³/mol. The number of carbonyl (C=O) groups is 1. The number of ether oxygens (including phenoxy) is 2. The molecule has 1 aliphatic heterocycles. The second kappa shape index (κ2) is 14.8. The quantitative estimate of drug-likeness (QED) is 0.242. The molecule has 0 atom stereocenters. The number of amides is 1. The van der Waals surface area contributed by atoms with Gasteiger partial charge >= 0.3 is 0 Å². The van der Waals surface area contributed by atoms with Crippen molar-refractivity contribution >= 4 is 35.3 Å². The van der Waals surface area contributed by atoms with Crippen LogP contribution in [-0.4, -0.2) is 47.7 Å². The molecule has 1 amide bonds. The maximum atomic E-state index is 13.1. The molecule has 9 nitrogen and oxygen atoms in total. The summed E-state index contributed by atoms with van der Waals surface area (Å²) in [6, 6.07) is 25.9. The minimum absolute atomic E-state index is 0.138. The van der Waals surface area contributed by atoms with Crippen LogP contribution in [-0.2, 0) is 26.4 Å². The number of fused-ring (bicyclic) bond motifs is 1. The molecule has 4 aromatic carbocycles. The molecule has 2 N–H and O–H groups in total. The van der Waals surface area contributed by atoms with Gasteiger partial charge in [-0.1, -0.05) is 48.0 Å². The fourth-order valence-corrected chi connectivity index (χ4v) is 6.17. The molecule has 0 fully saturated rings. The first kappa shape index (κ1) is 33.5. The molecule has 5 aromatic rings. The van der Waals surface area contributed by atoms with Crippen LogP contribution in [0.5, 0.6) is 11.5 Å². The number of aromatic nitrogens is 2. The van der Waals surface area contributed by atoms with E-state index in [1.165, 1.54) is 21.3 Å². The van der Waals surface area contributed by atoms with E-state index in [1.54, 1.807) is 82.0 Å². The monoisotopic (exact) mass is 676 g/mol. The molecule has 1 aromatic heterocycles. The fraction of sp³-hybridized carbons (Fsp3) is 0.205. The van der Waals surface area contributed by atoms with E-state index >= 15 is 0 Å². The number of methoxy groups -OCH3 is 2. The number of hydrogen-bond acceptors (Lipinski definition) is 6. The summed E-state index contributed by atoms with van der Waals surface area (Å²) in [6.45, 7) is 2.77. The third-order valence-electron chi connectivity index (χ3n) is 8.74. The minimum Gasteiger partial charge on any atom is -0.493 e. The zero-order valence-electron chi connectivity index (χ0n) is 27.6. The van der Waals surface area contributed by atoms with Crippen molar-refractivity contribution < 1.29 is 14.3 Å². The Hall–Kier alpha value is -5.38. The molecule has 0 saturated carbocycles. The molecule has 0 unspecified atom stereocenters. The summed E-state index contributed by atoms with van der Waals surface area (Å²) < 4.78 is 12.3. The van der Waals surface area contributed by atoms with Crippen LogP contribution in [0.25, 0.3) is 12.2 Å². The van der Waals surface area contributed by atoms with Crippen LogP contribution in [0.1, 0.15) is 38.2 Å². The van der Waals surface area contributed by atoms with Crippen molar-refractivity contribution in [1.29, 1.82) is 0 Å². The summed E-state index contributed by atoms with van der Waals surface area (Å²) in [7, 11) is 4.87. The van der Waals surface area contributed by atoms with Crippen molar-refractivity contribution in [3.8, 4) is 11.5 Å². The lowest BCUT2D eigenvalue weighted by atomic mass is 9.98. The summed E-state index contributed by atoms with van der Waals surface area (Å²) in [5.74, 6) is 1.28. The fourth-order valence-electron chi connectivity index (χ4n) is 5.97. The maximum absolute atomic E-state index is 13.1. The van der Waals surface area contributed by atoms with Crippen LogP contribution in [0, 0.1) is 0 Å². The topological polar surface area (TPSA) is 106 Å². The number of carbonyl (C=O) groups excluding carboxylic acids is 1. The molecule has 10 heteroatoms. The number of hydrogen-bond donors (Lipinski definition) is 2. The van der Waals surface area contributed by atoms with Gasteiger partial charge in [-0.3, -0.25) is 19.3 Å². The molecule has 0 aliphatic carbocycles. The van der Waals surface area contributed by atoms with Crippen LogP contribution in [0.3, 0.4) is 0 Å². The number of H-pyrrole nitrogens is 1. The van der Waals surface area contributed by atoms with Crippen molar-refractivity contribution in [2.45, 2.75) is 19.4 Å². The van der Waals surface area contributed by atoms with E-state index in [2.05, 4.69) is 27.3 Å². The molecular weight excluding hydrogens is 640 g/mol. The SMILES string of the molecule is COc1cc2c(cc1OC)CN(CCc1ccc(NC(=O)c3ccc(/C=c4\[nH]c(=O)/c(=C/c5cccc(Cl)c5)n(C)c4=O)cc3)cc1)CC2. The summed E-state index contributed by atoms with van der Waals surface area (Å²) in [6.07, 6.45) is 5.06. The highest BCUT2D eigenvalue weighted by molar-refractivity contribution is 6.30. The Morgan fingerprint density at radius 1 is 0.898 bits per heavy atom. The molecule has 0 bridgehead atoms. The van der Waals surface area contributed by atoms with Gasteiger partial charge in [0.2, 0.25) is 0 Å². The molecule has 2 heterocycles. The summed E-state index contributed by atoms with van der Waals surface area (Å²) in [5, 5.41) is 3.83. The molecular formula is C39H37ClN4O5. The van der Waals surface area contributed by atoms with Crippen molar-refractivity contribution in [2.75, 3.05) is 32.6 Å². The van der Waals surface area contributed by atoms with Gasteiger partial charge in [0.05, 0.1) is 14.2 Å². The predicted octanol–water partition coefficient (Wildman–Crippen LogP) is 4.25. The Morgan fingerprint density at radius 3 is 2.31 bits per heavy atom. The Balaban J connectivity index is 1.07. The van der Waals surface area contributed by atoms with Crippen molar-refractivity contribution in [3.05, 3.63) is 155 Å². The number of anilines is 1. The summed E-state index contributed by atoms with van der Waals surface area (Å²) >= 11 is 6.06. The zero-order chi connectivity index (χ0) is 34.5. The highest BCUT2D eigenvalue weighted by Gasteiger charge is 2.19. The third kappa shape index (κ3) is 7.85. The largest absolute Gasteiger partial charge is 0.493 e. The third-order valence-corrected chi connectivity index (χ3v) is 8.97. The minimum atomic E-state index is -0.407. The van der Waals surface area contributed by atoms with Gasteiger partial charge in [0.1, 0.15) is 10.7 Å². The lowest BCUT2D eigenvalue weighted by Crippen LogP contribution is -2.52. The zero-order valence-corrected chi connectivity index (χ0v) is 28.3. The smallest absolute Gasteiger partial charge is 0.274 e. The van der Waals surface area contributed by atoms with Gasteiger partial charge in [0.15, 0.2) is 11.5 Å². The van der Waals surface area contributed by atoms with Crippen molar-refractivity contribution in [2.24, 2.45) is 7.05 Å². The van der Waals surface area contributed by atoms with Crippen LogP contribution in [0.4, 0.5) is 5.69 Å². The Morgan fingerprint density at radius 2 is 1.61 bits per heavy atom. The lowest BCUT2D eigenvalue weighted by molar-refractivity contribution is 0.102. The molecule has 250 valence electrons. The number of benzene rings is 4. The van der Waals surface area contributed by atoms with E-state index in [0.29, 0.717) is 27.4 Å². The van der Waals surface area contributed by atoms with Crippen molar-refractivity contribution in [3.63, 3.8) is 0 Å². The first-order chi connectivity index (χ1) is 23.7. The second-order valence-corrected chi connectivity index (χ2v) is 12.4. The Kier molecular flexibility index (Phi) is 10.1. The van der Waals surface area contributed by atoms with E-state index in [4.69, 9.17) is 21.1 Å². The Labute approximate surface area is 288 Å². The molecule has 0 saturated heterocycles. The van der Waals surface area contributed by atoms with E-state index in [0.717, 1.165) is 44.0 Å². The van der Waals surface area contributed by atoms with Crippen LogP contribution in [0.15, 0.2) is 94.5 Å². The number of nitrogens with zero attached hydrogens (tertiary/aromatic N) is 2. The molecule has 0 spiro atoms. The van der Waals surface area contributed by atoms with Crippen LogP contribution >= 0.6 is 11.6 Å². The average Bonchev–Trinajstić information content (AvgIpc) is 3.11. The van der Waals surface area contributed by atoms with Gasteiger partial charge in [-0.2, -0.15) is 0 Å². The van der Waals surface area contributed by atoms with Gasteiger partial charge < -0.3 is 24.3 Å². The Bertz CT molecular complexity index is 2240. The molecule has 6 rings (SSSR count). The van der Waals surface area contributed by atoms with Gasteiger partial charge in [-0.15, -0.1) is 0 Å². The van der Waals surface area contributed by atoms with E-state index in [-0.39, 0.29) is 22.2 Å². The number of nitrogens with one attached hydrogen (secondary N) is 2. The van der Waals surface area contributed by atoms with Crippen LogP contribution in [0.2, 0.25) is 5.02 Å². The van der Waals surface area contributed by atoms with E-state index in [1.807, 2.05) is 24.3 Å². The molecule has 1 aliphatic rings. The number of halogens is 1. The first-order valence-corrected chi connectivity index (χ1v) is 16.3. The standard InChI is InChI=1S/C39H37ClN4O5/c1-43-34(21-27-5-4-6-31(40)19-27)38(46)42-33(39(43)47)20-26-7-11-28(12-8-26)37(45)41-32-13-9-25(10-14-32)15-17-44-18-16-29-22-35(48-2)36(49-3)23-30(29)24-44/h4-14,19-23H,15-18,24H2,1-3H3,(H,41,45)(H,42,46)/b33-20-,34-21-. The maximum Gasteiger partial charge on any atom is 0.274 e. The van der Waals surface area contributed by atoms with E-state index < -0.39 is 5.56 Å². The highest BCUT2D eigenvalue weighted by atomic mass is 35.5. The van der Waals surface area contributed by atoms with Gasteiger partial charge in [-0.25, -0.2) is 0 Å². The molecule has 49 heavy (non-hydrogen) atoms. The lowest BCUT2D eigenvalue weighted by Gasteiger charge is -2.29.